The van der Waals surface area contributed by atoms with E-state index in [1.807, 2.05) is 43.3 Å². The number of methoxy groups -OCH3 is 1. The summed E-state index contributed by atoms with van der Waals surface area (Å²) in [6.07, 6.45) is 5.40. The lowest BCUT2D eigenvalue weighted by Crippen LogP contribution is -2.58. The first kappa shape index (κ1) is 23.0. The molecule has 0 bridgehead atoms. The maximum atomic E-state index is 13.4. The van der Waals surface area contributed by atoms with Gasteiger partial charge in [-0.25, -0.2) is 0 Å². The zero-order chi connectivity index (χ0) is 23.0. The molecule has 31 heavy (non-hydrogen) atoms. The third kappa shape index (κ3) is 3.99. The number of carboxylic acid groups (broad SMARTS) is 1. The van der Waals surface area contributed by atoms with Gasteiger partial charge in [-0.05, 0) is 44.9 Å². The molecule has 0 saturated carbocycles. The number of nitrogens with one attached hydrogen (secondary N) is 1. The van der Waals surface area contributed by atoms with Crippen LogP contribution in [0.25, 0.3) is 6.08 Å². The number of hydrogen-bond donors (Lipinski definition) is 2. The Hall–Kier alpha value is -2.67. The highest BCUT2D eigenvalue weighted by molar-refractivity contribution is 6.10. The van der Waals surface area contributed by atoms with Crippen molar-refractivity contribution < 1.29 is 24.2 Å². The van der Waals surface area contributed by atoms with Gasteiger partial charge in [-0.15, -0.1) is 0 Å². The Balaban J connectivity index is 2.01. The Morgan fingerprint density at radius 1 is 1.23 bits per heavy atom. The van der Waals surface area contributed by atoms with Crippen LogP contribution in [-0.4, -0.2) is 52.0 Å². The number of amides is 2. The Morgan fingerprint density at radius 3 is 2.39 bits per heavy atom. The lowest BCUT2D eigenvalue weighted by atomic mass is 9.77. The second-order valence-corrected chi connectivity index (χ2v) is 9.37. The number of carbonyl (C=O) groups is 3. The monoisotopic (exact) mass is 428 g/mol. The molecule has 1 aromatic rings. The fourth-order valence-corrected chi connectivity index (χ4v) is 4.79. The molecule has 0 spiro atoms. The van der Waals surface area contributed by atoms with Crippen molar-refractivity contribution in [3.05, 3.63) is 35.9 Å². The van der Waals surface area contributed by atoms with Crippen LogP contribution in [0.15, 0.2) is 30.3 Å². The van der Waals surface area contributed by atoms with E-state index in [0.717, 1.165) is 17.7 Å². The molecule has 2 heterocycles. The number of fused-ring (bicyclic) bond motifs is 1. The first-order chi connectivity index (χ1) is 14.6. The summed E-state index contributed by atoms with van der Waals surface area (Å²) in [7, 11) is 1.60. The summed E-state index contributed by atoms with van der Waals surface area (Å²) in [6.45, 7) is 7.38. The van der Waals surface area contributed by atoms with Crippen LogP contribution in [0.3, 0.4) is 0 Å². The quantitative estimate of drug-likeness (QED) is 0.648. The summed E-state index contributed by atoms with van der Waals surface area (Å²) >= 11 is 0. The van der Waals surface area contributed by atoms with Gasteiger partial charge in [0.15, 0.2) is 0 Å². The number of imide groups is 1. The van der Waals surface area contributed by atoms with Crippen molar-refractivity contribution in [2.24, 2.45) is 11.8 Å². The molecule has 2 N–H and O–H groups in total. The molecule has 0 aromatic heterocycles. The van der Waals surface area contributed by atoms with Gasteiger partial charge in [0.1, 0.15) is 11.3 Å². The predicted octanol–water partition coefficient (Wildman–Crippen LogP) is 3.09. The average Bonchev–Trinajstić information content (AvgIpc) is 3.19. The minimum atomic E-state index is -1.46. The molecular weight excluding hydrogens is 396 g/mol. The second-order valence-electron chi connectivity index (χ2n) is 9.37. The Labute approximate surface area is 183 Å². The summed E-state index contributed by atoms with van der Waals surface area (Å²) in [4.78, 5) is 40.5. The predicted molar refractivity (Wildman–Crippen MR) is 117 cm³/mol. The molecule has 3 rings (SSSR count). The van der Waals surface area contributed by atoms with E-state index in [1.165, 1.54) is 4.90 Å². The highest BCUT2D eigenvalue weighted by Gasteiger charge is 2.68. The lowest BCUT2D eigenvalue weighted by Gasteiger charge is -2.35. The number of aliphatic carboxylic acids is 1. The third-order valence-corrected chi connectivity index (χ3v) is 6.28. The van der Waals surface area contributed by atoms with E-state index in [9.17, 15) is 19.5 Å². The number of rotatable bonds is 7. The van der Waals surface area contributed by atoms with Gasteiger partial charge >= 0.3 is 5.97 Å². The van der Waals surface area contributed by atoms with E-state index < -0.39 is 40.8 Å². The molecule has 4 unspecified atom stereocenters. The highest BCUT2D eigenvalue weighted by atomic mass is 16.5. The maximum absolute atomic E-state index is 13.4. The maximum Gasteiger partial charge on any atom is 0.324 e. The number of hydrogen-bond acceptors (Lipinski definition) is 5. The second kappa shape index (κ2) is 8.46. The van der Waals surface area contributed by atoms with E-state index in [0.29, 0.717) is 12.8 Å². The molecule has 168 valence electrons. The fourth-order valence-electron chi connectivity index (χ4n) is 4.79. The van der Waals surface area contributed by atoms with Gasteiger partial charge in [0.25, 0.3) is 0 Å². The fraction of sp³-hybridized carbons (Fsp3) is 0.542. The van der Waals surface area contributed by atoms with Crippen LogP contribution in [0.2, 0.25) is 0 Å². The van der Waals surface area contributed by atoms with Gasteiger partial charge in [-0.3, -0.25) is 24.6 Å². The van der Waals surface area contributed by atoms with Crippen LogP contribution in [-0.2, 0) is 14.4 Å². The molecule has 7 nitrogen and oxygen atoms in total. The third-order valence-electron chi connectivity index (χ3n) is 6.28. The number of carbonyl (C=O) groups excluding carboxylic acids is 2. The number of benzene rings is 1. The van der Waals surface area contributed by atoms with Crippen molar-refractivity contribution in [3.63, 3.8) is 0 Å². The summed E-state index contributed by atoms with van der Waals surface area (Å²) in [5.74, 6) is -2.71. The molecule has 2 fully saturated rings. The molecular formula is C24H32N2O5. The SMILES string of the molecule is CCCCC1(C(=O)O)NC(/C=C\c2ccc(OC)cc2)C2C(=O)N(C(C)(C)C)C(=O)C21. The largest absolute Gasteiger partial charge is 0.497 e. The molecule has 2 saturated heterocycles. The normalized spacial score (nSPS) is 28.4. The Kier molecular flexibility index (Phi) is 6.28. The number of carboxylic acids is 1. The van der Waals surface area contributed by atoms with Gasteiger partial charge in [0.2, 0.25) is 11.8 Å². The van der Waals surface area contributed by atoms with Gasteiger partial charge in [-0.2, -0.15) is 0 Å². The van der Waals surface area contributed by atoms with E-state index in [4.69, 9.17) is 4.74 Å². The van der Waals surface area contributed by atoms with Gasteiger partial charge in [0.05, 0.1) is 18.9 Å². The van der Waals surface area contributed by atoms with Crippen molar-refractivity contribution >= 4 is 23.9 Å². The number of likely N-dealkylation sites (tertiary alicyclic amines) is 1. The average molecular weight is 429 g/mol. The molecule has 0 radical (unpaired) electrons. The van der Waals surface area contributed by atoms with Crippen molar-refractivity contribution in [1.82, 2.24) is 10.2 Å². The van der Waals surface area contributed by atoms with Crippen LogP contribution in [0.1, 0.15) is 52.5 Å². The summed E-state index contributed by atoms with van der Waals surface area (Å²) in [5.41, 5.74) is -1.27. The minimum Gasteiger partial charge on any atom is -0.497 e. The summed E-state index contributed by atoms with van der Waals surface area (Å²) < 4.78 is 5.18. The Morgan fingerprint density at radius 2 is 1.87 bits per heavy atom. The van der Waals surface area contributed by atoms with Gasteiger partial charge in [0, 0.05) is 11.6 Å². The minimum absolute atomic E-state index is 0.296. The summed E-state index contributed by atoms with van der Waals surface area (Å²) in [6, 6.07) is 6.88. The molecule has 1 aromatic carbocycles. The van der Waals surface area contributed by atoms with E-state index in [2.05, 4.69) is 5.32 Å². The van der Waals surface area contributed by atoms with Gasteiger partial charge < -0.3 is 9.84 Å². The molecule has 4 atom stereocenters. The highest BCUT2D eigenvalue weighted by Crippen LogP contribution is 2.47. The molecule has 0 aliphatic carbocycles. The smallest absolute Gasteiger partial charge is 0.324 e. The van der Waals surface area contributed by atoms with Gasteiger partial charge in [-0.1, -0.05) is 44.1 Å². The van der Waals surface area contributed by atoms with E-state index in [-0.39, 0.29) is 5.91 Å². The molecule has 7 heteroatoms. The molecule has 2 amide bonds. The molecule has 2 aliphatic rings. The summed E-state index contributed by atoms with van der Waals surface area (Å²) in [5, 5.41) is 13.4. The number of unbranched alkanes of at least 4 members (excludes halogenated alkanes) is 1. The zero-order valence-corrected chi connectivity index (χ0v) is 18.8. The van der Waals surface area contributed by atoms with Crippen LogP contribution in [0.5, 0.6) is 5.75 Å². The van der Waals surface area contributed by atoms with Crippen LogP contribution in [0.4, 0.5) is 0 Å². The number of nitrogens with zero attached hydrogens (tertiary/aromatic N) is 1. The van der Waals surface area contributed by atoms with Crippen molar-refractivity contribution in [2.45, 2.75) is 64.1 Å². The first-order valence-electron chi connectivity index (χ1n) is 10.8. The topological polar surface area (TPSA) is 95.9 Å². The van der Waals surface area contributed by atoms with Crippen molar-refractivity contribution in [3.8, 4) is 5.75 Å². The standard InChI is InChI=1S/C24H32N2O5/c1-6-7-14-24(22(29)30)19-18(20(27)26(21(19)28)23(2,3)4)17(25-24)13-10-15-8-11-16(31-5)12-9-15/h8-13,17-19,25H,6-7,14H2,1-5H3,(H,29,30)/b13-10-. The van der Waals surface area contributed by atoms with Crippen LogP contribution in [0, 0.1) is 11.8 Å². The van der Waals surface area contributed by atoms with E-state index in [1.54, 1.807) is 27.9 Å². The van der Waals surface area contributed by atoms with Crippen LogP contribution < -0.4 is 10.1 Å². The lowest BCUT2D eigenvalue weighted by molar-refractivity contribution is -0.153. The zero-order valence-electron chi connectivity index (χ0n) is 18.8. The van der Waals surface area contributed by atoms with Crippen molar-refractivity contribution in [1.29, 1.82) is 0 Å². The first-order valence-corrected chi connectivity index (χ1v) is 10.8. The van der Waals surface area contributed by atoms with Crippen molar-refractivity contribution in [2.75, 3.05) is 7.11 Å². The molecule has 2 aliphatic heterocycles. The van der Waals surface area contributed by atoms with E-state index >= 15 is 0 Å². The van der Waals surface area contributed by atoms with Crippen LogP contribution >= 0.6 is 0 Å². The number of ether oxygens (including phenoxy) is 1. The Bertz CT molecular complexity index is 886.